The van der Waals surface area contributed by atoms with Gasteiger partial charge in [-0.05, 0) is 38.8 Å². The van der Waals surface area contributed by atoms with Gasteiger partial charge in [0.25, 0.3) is 0 Å². The first-order valence-corrected chi connectivity index (χ1v) is 6.77. The molecule has 110 valence electrons. The number of aryl methyl sites for hydroxylation is 2. The van der Waals surface area contributed by atoms with Gasteiger partial charge in [0.05, 0.1) is 12.6 Å². The van der Waals surface area contributed by atoms with Crippen molar-refractivity contribution in [2.45, 2.75) is 33.7 Å². The average molecular weight is 277 g/mol. The highest BCUT2D eigenvalue weighted by Gasteiger charge is 2.19. The van der Waals surface area contributed by atoms with Gasteiger partial charge in [-0.15, -0.1) is 0 Å². The van der Waals surface area contributed by atoms with Gasteiger partial charge in [-0.1, -0.05) is 18.2 Å². The van der Waals surface area contributed by atoms with Gasteiger partial charge >= 0.3 is 0 Å². The average Bonchev–Trinajstić information content (AvgIpc) is 2.39. The van der Waals surface area contributed by atoms with Gasteiger partial charge in [0, 0.05) is 12.2 Å². The molecule has 0 radical (unpaired) electrons. The summed E-state index contributed by atoms with van der Waals surface area (Å²) in [4.78, 5) is 25.3. The van der Waals surface area contributed by atoms with E-state index in [1.165, 1.54) is 4.90 Å². The summed E-state index contributed by atoms with van der Waals surface area (Å²) in [7, 11) is 0. The Bertz CT molecular complexity index is 478. The third kappa shape index (κ3) is 4.06. The number of rotatable bonds is 5. The predicted molar refractivity (Wildman–Crippen MR) is 80.4 cm³/mol. The smallest absolute Gasteiger partial charge is 0.244 e. The molecule has 1 rings (SSSR count). The maximum absolute atomic E-state index is 12.1. The molecule has 1 aromatic rings. The normalized spacial score (nSPS) is 11.8. The molecule has 0 fully saturated rings. The maximum Gasteiger partial charge on any atom is 0.244 e. The molecule has 0 aliphatic rings. The topological polar surface area (TPSA) is 75.4 Å². The van der Waals surface area contributed by atoms with E-state index < -0.39 is 6.04 Å². The van der Waals surface area contributed by atoms with Crippen LogP contribution in [0, 0.1) is 13.8 Å². The number of nitrogens with zero attached hydrogens (tertiary/aromatic N) is 1. The standard InChI is InChI=1S/C15H23N3O2/c1-5-18(15(20)12(4)16)9-13(19)17-14-10(2)7-6-8-11(14)3/h6-8,12H,5,9,16H2,1-4H3,(H,17,19)/t12-/m0/s1. The number of carbonyl (C=O) groups is 2. The summed E-state index contributed by atoms with van der Waals surface area (Å²) in [5, 5.41) is 2.86. The molecule has 0 unspecified atom stereocenters. The number of carbonyl (C=O) groups excluding carboxylic acids is 2. The fourth-order valence-electron chi connectivity index (χ4n) is 2.00. The van der Waals surface area contributed by atoms with E-state index in [-0.39, 0.29) is 18.4 Å². The van der Waals surface area contributed by atoms with E-state index in [9.17, 15) is 9.59 Å². The van der Waals surface area contributed by atoms with Crippen LogP contribution in [-0.4, -0.2) is 35.8 Å². The second kappa shape index (κ2) is 7.05. The minimum Gasteiger partial charge on any atom is -0.332 e. The van der Waals surface area contributed by atoms with Crippen LogP contribution in [0.1, 0.15) is 25.0 Å². The van der Waals surface area contributed by atoms with Crippen molar-refractivity contribution in [1.82, 2.24) is 4.90 Å². The largest absolute Gasteiger partial charge is 0.332 e. The fraction of sp³-hybridized carbons (Fsp3) is 0.467. The van der Waals surface area contributed by atoms with Crippen molar-refractivity contribution in [3.05, 3.63) is 29.3 Å². The molecule has 5 nitrogen and oxygen atoms in total. The number of hydrogen-bond donors (Lipinski definition) is 2. The number of amides is 2. The molecular weight excluding hydrogens is 254 g/mol. The Morgan fingerprint density at radius 1 is 1.30 bits per heavy atom. The lowest BCUT2D eigenvalue weighted by atomic mass is 10.1. The molecule has 1 atom stereocenters. The van der Waals surface area contributed by atoms with Crippen LogP contribution in [0.3, 0.4) is 0 Å². The lowest BCUT2D eigenvalue weighted by Crippen LogP contribution is -2.45. The van der Waals surface area contributed by atoms with Crippen LogP contribution < -0.4 is 11.1 Å². The van der Waals surface area contributed by atoms with E-state index in [1.54, 1.807) is 6.92 Å². The Kier molecular flexibility index (Phi) is 5.70. The second-order valence-electron chi connectivity index (χ2n) is 4.96. The van der Waals surface area contributed by atoms with Crippen molar-refractivity contribution in [2.24, 2.45) is 5.73 Å². The summed E-state index contributed by atoms with van der Waals surface area (Å²) >= 11 is 0. The van der Waals surface area contributed by atoms with Crippen LogP contribution in [0.15, 0.2) is 18.2 Å². The van der Waals surface area contributed by atoms with Crippen LogP contribution in [0.2, 0.25) is 0 Å². The Hall–Kier alpha value is -1.88. The molecule has 5 heteroatoms. The highest BCUT2D eigenvalue weighted by molar-refractivity contribution is 5.96. The Balaban J connectivity index is 2.74. The van der Waals surface area contributed by atoms with Crippen LogP contribution in [0.4, 0.5) is 5.69 Å². The Labute approximate surface area is 120 Å². The number of para-hydroxylation sites is 1. The fourth-order valence-corrected chi connectivity index (χ4v) is 2.00. The highest BCUT2D eigenvalue weighted by Crippen LogP contribution is 2.19. The predicted octanol–water partition coefficient (Wildman–Crippen LogP) is 1.44. The van der Waals surface area contributed by atoms with E-state index in [2.05, 4.69) is 5.32 Å². The third-order valence-electron chi connectivity index (χ3n) is 3.16. The summed E-state index contributed by atoms with van der Waals surface area (Å²) < 4.78 is 0. The molecule has 0 aliphatic heterocycles. The maximum atomic E-state index is 12.1. The number of hydrogen-bond acceptors (Lipinski definition) is 3. The summed E-state index contributed by atoms with van der Waals surface area (Å²) in [6.45, 7) is 7.80. The number of nitrogens with one attached hydrogen (secondary N) is 1. The Morgan fingerprint density at radius 2 is 1.85 bits per heavy atom. The molecule has 0 bridgehead atoms. The molecule has 3 N–H and O–H groups in total. The van der Waals surface area contributed by atoms with Crippen LogP contribution >= 0.6 is 0 Å². The Morgan fingerprint density at radius 3 is 2.30 bits per heavy atom. The van der Waals surface area contributed by atoms with Crippen LogP contribution in [-0.2, 0) is 9.59 Å². The lowest BCUT2D eigenvalue weighted by molar-refractivity contribution is -0.135. The molecule has 0 spiro atoms. The number of likely N-dealkylation sites (N-methyl/N-ethyl adjacent to an activating group) is 1. The summed E-state index contributed by atoms with van der Waals surface area (Å²) in [5.41, 5.74) is 8.37. The van der Waals surface area contributed by atoms with Gasteiger partial charge in [0.2, 0.25) is 11.8 Å². The lowest BCUT2D eigenvalue weighted by Gasteiger charge is -2.22. The van der Waals surface area contributed by atoms with Crippen molar-refractivity contribution in [2.75, 3.05) is 18.4 Å². The van der Waals surface area contributed by atoms with E-state index >= 15 is 0 Å². The summed E-state index contributed by atoms with van der Waals surface area (Å²) in [5.74, 6) is -0.428. The monoisotopic (exact) mass is 277 g/mol. The zero-order chi connectivity index (χ0) is 15.3. The highest BCUT2D eigenvalue weighted by atomic mass is 16.2. The summed E-state index contributed by atoms with van der Waals surface area (Å²) in [6.07, 6.45) is 0. The van der Waals surface area contributed by atoms with Crippen molar-refractivity contribution in [1.29, 1.82) is 0 Å². The number of anilines is 1. The molecule has 20 heavy (non-hydrogen) atoms. The quantitative estimate of drug-likeness (QED) is 0.855. The van der Waals surface area contributed by atoms with Gasteiger partial charge in [0.15, 0.2) is 0 Å². The molecule has 0 aliphatic carbocycles. The van der Waals surface area contributed by atoms with Gasteiger partial charge in [-0.25, -0.2) is 0 Å². The SMILES string of the molecule is CCN(CC(=O)Nc1c(C)cccc1C)C(=O)[C@H](C)N. The molecule has 0 aromatic heterocycles. The minimum absolute atomic E-state index is 0.0185. The van der Waals surface area contributed by atoms with Crippen LogP contribution in [0.5, 0.6) is 0 Å². The van der Waals surface area contributed by atoms with Crippen molar-refractivity contribution >= 4 is 17.5 Å². The summed E-state index contributed by atoms with van der Waals surface area (Å²) in [6, 6.07) is 5.22. The molecule has 2 amide bonds. The van der Waals surface area contributed by atoms with Gasteiger partial charge in [0.1, 0.15) is 0 Å². The third-order valence-corrected chi connectivity index (χ3v) is 3.16. The number of nitrogens with two attached hydrogens (primary N) is 1. The van der Waals surface area contributed by atoms with E-state index in [0.717, 1.165) is 16.8 Å². The van der Waals surface area contributed by atoms with Crippen molar-refractivity contribution in [3.63, 3.8) is 0 Å². The second-order valence-corrected chi connectivity index (χ2v) is 4.96. The molecular formula is C15H23N3O2. The van der Waals surface area contributed by atoms with E-state index in [0.29, 0.717) is 6.54 Å². The van der Waals surface area contributed by atoms with Gasteiger partial charge in [-0.2, -0.15) is 0 Å². The first-order chi connectivity index (χ1) is 9.36. The molecule has 1 aromatic carbocycles. The minimum atomic E-state index is -0.594. The van der Waals surface area contributed by atoms with Crippen LogP contribution in [0.25, 0.3) is 0 Å². The number of benzene rings is 1. The molecule has 0 saturated carbocycles. The molecule has 0 saturated heterocycles. The first-order valence-electron chi connectivity index (χ1n) is 6.77. The first kappa shape index (κ1) is 16.2. The van der Waals surface area contributed by atoms with Gasteiger partial charge < -0.3 is 16.0 Å². The zero-order valence-electron chi connectivity index (χ0n) is 12.6. The van der Waals surface area contributed by atoms with Gasteiger partial charge in [-0.3, -0.25) is 9.59 Å². The van der Waals surface area contributed by atoms with E-state index in [4.69, 9.17) is 5.73 Å². The van der Waals surface area contributed by atoms with Crippen molar-refractivity contribution in [3.8, 4) is 0 Å². The van der Waals surface area contributed by atoms with Crippen molar-refractivity contribution < 1.29 is 9.59 Å². The zero-order valence-corrected chi connectivity index (χ0v) is 12.6. The van der Waals surface area contributed by atoms with E-state index in [1.807, 2.05) is 39.0 Å². The molecule has 0 heterocycles.